The van der Waals surface area contributed by atoms with E-state index in [1.54, 1.807) is 23.4 Å². The normalized spacial score (nSPS) is 24.6. The summed E-state index contributed by atoms with van der Waals surface area (Å²) < 4.78 is 32.6. The summed E-state index contributed by atoms with van der Waals surface area (Å²) in [5.41, 5.74) is 2.12. The lowest BCUT2D eigenvalue weighted by molar-refractivity contribution is 0.0830. The molecule has 1 N–H and O–H groups in total. The Bertz CT molecular complexity index is 997. The van der Waals surface area contributed by atoms with Gasteiger partial charge in [0.1, 0.15) is 11.3 Å². The van der Waals surface area contributed by atoms with Gasteiger partial charge in [-0.1, -0.05) is 29.8 Å². The van der Waals surface area contributed by atoms with Crippen LogP contribution in [0, 0.1) is 25.7 Å². The minimum absolute atomic E-state index is 0.0188. The van der Waals surface area contributed by atoms with Crippen molar-refractivity contribution in [1.29, 1.82) is 0 Å². The van der Waals surface area contributed by atoms with Crippen LogP contribution in [-0.4, -0.2) is 42.9 Å². The molecule has 0 radical (unpaired) electrons. The van der Waals surface area contributed by atoms with Crippen molar-refractivity contribution in [1.82, 2.24) is 14.8 Å². The first-order valence-electron chi connectivity index (χ1n) is 9.64. The lowest BCUT2D eigenvalue weighted by Crippen LogP contribution is -2.52. The lowest BCUT2D eigenvalue weighted by Gasteiger charge is -2.39. The van der Waals surface area contributed by atoms with Gasteiger partial charge in [0, 0.05) is 25.6 Å². The second-order valence-electron chi connectivity index (χ2n) is 7.79. The van der Waals surface area contributed by atoms with Gasteiger partial charge in [0.2, 0.25) is 10.0 Å². The molecule has 2 aliphatic rings. The average Bonchev–Trinajstić information content (AvgIpc) is 3.20. The first kappa shape index (κ1) is 19.1. The van der Waals surface area contributed by atoms with E-state index >= 15 is 0 Å². The van der Waals surface area contributed by atoms with Crippen LogP contribution >= 0.6 is 0 Å². The zero-order valence-corrected chi connectivity index (χ0v) is 17.1. The summed E-state index contributed by atoms with van der Waals surface area (Å²) in [6.07, 6.45) is 1.39. The second-order valence-corrected chi connectivity index (χ2v) is 9.73. The molecule has 1 aliphatic heterocycles. The van der Waals surface area contributed by atoms with Crippen molar-refractivity contribution >= 4 is 15.9 Å². The zero-order chi connectivity index (χ0) is 20.1. The van der Waals surface area contributed by atoms with Crippen LogP contribution in [0.25, 0.3) is 0 Å². The summed E-state index contributed by atoms with van der Waals surface area (Å²) in [5.74, 6) is 0.842. The highest BCUT2D eigenvalue weighted by atomic mass is 32.2. The van der Waals surface area contributed by atoms with Gasteiger partial charge in [0.15, 0.2) is 0 Å². The van der Waals surface area contributed by atoms with Crippen LogP contribution in [0.1, 0.15) is 40.7 Å². The van der Waals surface area contributed by atoms with E-state index in [1.165, 1.54) is 0 Å². The van der Waals surface area contributed by atoms with Crippen molar-refractivity contribution in [2.45, 2.75) is 44.6 Å². The number of amides is 1. The van der Waals surface area contributed by atoms with E-state index in [0.717, 1.165) is 12.0 Å². The predicted octanol–water partition coefficient (Wildman–Crippen LogP) is 2.29. The maximum absolute atomic E-state index is 12.9. The minimum atomic E-state index is -3.50. The Morgan fingerprint density at radius 2 is 1.96 bits per heavy atom. The molecular formula is C20H25N3O4S. The number of carbonyl (C=O) groups is 1. The highest BCUT2D eigenvalue weighted by Crippen LogP contribution is 2.43. The number of hydrogen-bond acceptors (Lipinski definition) is 5. The number of hydrogen-bond donors (Lipinski definition) is 1. The maximum Gasteiger partial charge on any atom is 0.257 e. The van der Waals surface area contributed by atoms with Gasteiger partial charge in [0.25, 0.3) is 5.91 Å². The Morgan fingerprint density at radius 3 is 2.64 bits per heavy atom. The molecule has 0 bridgehead atoms. The molecule has 7 nitrogen and oxygen atoms in total. The molecule has 2 aromatic rings. The number of aryl methyl sites for hydroxylation is 3. The van der Waals surface area contributed by atoms with Crippen molar-refractivity contribution in [3.05, 3.63) is 46.8 Å². The third kappa shape index (κ3) is 3.14. The number of nitrogens with one attached hydrogen (secondary N) is 1. The van der Waals surface area contributed by atoms with Gasteiger partial charge in [-0.05, 0) is 44.2 Å². The number of rotatable bonds is 5. The highest BCUT2D eigenvalue weighted by Gasteiger charge is 2.50. The van der Waals surface area contributed by atoms with Crippen molar-refractivity contribution in [3.63, 3.8) is 0 Å². The Labute approximate surface area is 165 Å². The number of benzene rings is 1. The minimum Gasteiger partial charge on any atom is -0.360 e. The Kier molecular flexibility index (Phi) is 4.79. The highest BCUT2D eigenvalue weighted by molar-refractivity contribution is 7.89. The van der Waals surface area contributed by atoms with Crippen LogP contribution in [0.2, 0.25) is 0 Å². The van der Waals surface area contributed by atoms with Crippen LogP contribution in [0.15, 0.2) is 33.7 Å². The van der Waals surface area contributed by atoms with Gasteiger partial charge < -0.3 is 9.84 Å². The van der Waals surface area contributed by atoms with Crippen molar-refractivity contribution in [2.24, 2.45) is 11.8 Å². The van der Waals surface area contributed by atoms with Crippen molar-refractivity contribution < 1.29 is 17.7 Å². The molecule has 3 atom stereocenters. The topological polar surface area (TPSA) is 92.5 Å². The molecule has 2 heterocycles. The SMILES string of the molecule is CCc1onc(C)c1C(=O)N[C@H]1C[C@@H]2CN(S(=O)(=O)c3ccc(C)cc3)C[C@@H]21. The van der Waals surface area contributed by atoms with Gasteiger partial charge in [-0.25, -0.2) is 8.42 Å². The smallest absolute Gasteiger partial charge is 0.257 e. The van der Waals surface area contributed by atoms with E-state index in [-0.39, 0.29) is 17.9 Å². The van der Waals surface area contributed by atoms with Crippen molar-refractivity contribution in [2.75, 3.05) is 13.1 Å². The quantitative estimate of drug-likeness (QED) is 0.827. The summed E-state index contributed by atoms with van der Waals surface area (Å²) in [6, 6.07) is 6.92. The molecule has 1 aromatic carbocycles. The summed E-state index contributed by atoms with van der Waals surface area (Å²) in [6.45, 7) is 6.56. The molecule has 28 heavy (non-hydrogen) atoms. The second kappa shape index (κ2) is 7.00. The molecule has 1 saturated heterocycles. The summed E-state index contributed by atoms with van der Waals surface area (Å²) in [4.78, 5) is 13.0. The molecular weight excluding hydrogens is 378 g/mol. The van der Waals surface area contributed by atoms with Crippen LogP contribution in [0.3, 0.4) is 0 Å². The zero-order valence-electron chi connectivity index (χ0n) is 16.3. The van der Waals surface area contributed by atoms with Gasteiger partial charge in [-0.2, -0.15) is 4.31 Å². The van der Waals surface area contributed by atoms with E-state index in [9.17, 15) is 13.2 Å². The van der Waals surface area contributed by atoms with Crippen molar-refractivity contribution in [3.8, 4) is 0 Å². The number of nitrogens with zero attached hydrogens (tertiary/aromatic N) is 2. The first-order valence-corrected chi connectivity index (χ1v) is 11.1. The summed E-state index contributed by atoms with van der Waals surface area (Å²) in [5, 5.41) is 6.95. The number of fused-ring (bicyclic) bond motifs is 1. The lowest BCUT2D eigenvalue weighted by atomic mass is 9.71. The predicted molar refractivity (Wildman–Crippen MR) is 103 cm³/mol. The molecule has 0 spiro atoms. The third-order valence-electron chi connectivity index (χ3n) is 5.99. The van der Waals surface area contributed by atoms with E-state index in [0.29, 0.717) is 47.3 Å². The largest absolute Gasteiger partial charge is 0.360 e. The van der Waals surface area contributed by atoms with Crippen LogP contribution in [0.4, 0.5) is 0 Å². The van der Waals surface area contributed by atoms with Gasteiger partial charge >= 0.3 is 0 Å². The Morgan fingerprint density at radius 1 is 1.25 bits per heavy atom. The number of carbonyl (C=O) groups excluding carboxylic acids is 1. The molecule has 2 fully saturated rings. The fourth-order valence-corrected chi connectivity index (χ4v) is 5.81. The molecule has 1 amide bonds. The molecule has 1 saturated carbocycles. The van der Waals surface area contributed by atoms with E-state index in [1.807, 2.05) is 26.0 Å². The van der Waals surface area contributed by atoms with Gasteiger partial charge in [0.05, 0.1) is 10.6 Å². The standard InChI is InChI=1S/C20H25N3O4S/c1-4-18-19(13(3)22-27-18)20(24)21-17-9-14-10-23(11-16(14)17)28(25,26)15-7-5-12(2)6-8-15/h5-8,14,16-17H,4,9-11H2,1-3H3,(H,21,24)/t14-,16+,17+/m1/s1. The number of sulfonamides is 1. The summed E-state index contributed by atoms with van der Waals surface area (Å²) in [7, 11) is -3.50. The average molecular weight is 404 g/mol. The van der Waals surface area contributed by atoms with Gasteiger partial charge in [-0.15, -0.1) is 0 Å². The van der Waals surface area contributed by atoms with Gasteiger partial charge in [-0.3, -0.25) is 4.79 Å². The monoisotopic (exact) mass is 403 g/mol. The van der Waals surface area contributed by atoms with Crippen LogP contribution in [-0.2, 0) is 16.4 Å². The third-order valence-corrected chi connectivity index (χ3v) is 7.83. The number of aromatic nitrogens is 1. The fourth-order valence-electron chi connectivity index (χ4n) is 4.28. The molecule has 0 unspecified atom stereocenters. The maximum atomic E-state index is 12.9. The fraction of sp³-hybridized carbons (Fsp3) is 0.500. The van der Waals surface area contributed by atoms with E-state index < -0.39 is 10.0 Å². The Hall–Kier alpha value is -2.19. The molecule has 1 aromatic heterocycles. The van der Waals surface area contributed by atoms with E-state index in [4.69, 9.17) is 4.52 Å². The molecule has 4 rings (SSSR count). The summed E-state index contributed by atoms with van der Waals surface area (Å²) >= 11 is 0. The first-order chi connectivity index (χ1) is 13.3. The molecule has 150 valence electrons. The molecule has 8 heteroatoms. The Balaban J connectivity index is 1.44. The van der Waals surface area contributed by atoms with E-state index in [2.05, 4.69) is 10.5 Å². The van der Waals surface area contributed by atoms with Crippen LogP contribution in [0.5, 0.6) is 0 Å². The van der Waals surface area contributed by atoms with Crippen LogP contribution < -0.4 is 5.32 Å². The molecule has 1 aliphatic carbocycles.